The van der Waals surface area contributed by atoms with E-state index in [9.17, 15) is 0 Å². The van der Waals surface area contributed by atoms with Crippen LogP contribution < -0.4 is 10.2 Å². The van der Waals surface area contributed by atoms with E-state index in [0.29, 0.717) is 5.92 Å². The van der Waals surface area contributed by atoms with Gasteiger partial charge in [0.2, 0.25) is 0 Å². The van der Waals surface area contributed by atoms with Crippen LogP contribution >= 0.6 is 11.6 Å². The van der Waals surface area contributed by atoms with Crippen LogP contribution in [0.1, 0.15) is 12.5 Å². The summed E-state index contributed by atoms with van der Waals surface area (Å²) in [5.41, 5.74) is 3.59. The van der Waals surface area contributed by atoms with Crippen molar-refractivity contribution in [1.82, 2.24) is 0 Å². The van der Waals surface area contributed by atoms with E-state index in [2.05, 4.69) is 37.2 Å². The van der Waals surface area contributed by atoms with Crippen LogP contribution in [-0.2, 0) is 0 Å². The lowest BCUT2D eigenvalue weighted by Gasteiger charge is -2.21. The van der Waals surface area contributed by atoms with Crippen molar-refractivity contribution in [2.45, 2.75) is 13.8 Å². The Kier molecular flexibility index (Phi) is 2.79. The molecule has 1 aliphatic heterocycles. The molecule has 0 amide bonds. The minimum Gasteiger partial charge on any atom is -0.383 e. The molecular formula is C12H17ClN2. The number of hydrogen-bond donors (Lipinski definition) is 1. The molecule has 1 aliphatic rings. The van der Waals surface area contributed by atoms with Gasteiger partial charge in [-0.05, 0) is 30.5 Å². The van der Waals surface area contributed by atoms with Crippen molar-refractivity contribution in [1.29, 1.82) is 0 Å². The van der Waals surface area contributed by atoms with Crippen molar-refractivity contribution in [3.05, 3.63) is 22.7 Å². The largest absolute Gasteiger partial charge is 0.383 e. The van der Waals surface area contributed by atoms with Gasteiger partial charge >= 0.3 is 0 Å². The predicted octanol–water partition coefficient (Wildman–Crippen LogP) is 3.15. The number of anilines is 2. The molecule has 1 heterocycles. The zero-order valence-electron chi connectivity index (χ0n) is 9.47. The number of hydrogen-bond acceptors (Lipinski definition) is 2. The molecule has 1 aromatic carbocycles. The zero-order valence-corrected chi connectivity index (χ0v) is 10.2. The molecule has 1 atom stereocenters. The first kappa shape index (κ1) is 10.6. The van der Waals surface area contributed by atoms with Gasteiger partial charge in [-0.2, -0.15) is 0 Å². The second kappa shape index (κ2) is 3.93. The number of fused-ring (bicyclic) bond motifs is 1. The zero-order chi connectivity index (χ0) is 11.0. The summed E-state index contributed by atoms with van der Waals surface area (Å²) in [6, 6.07) is 4.07. The minimum absolute atomic E-state index is 0.653. The highest BCUT2D eigenvalue weighted by molar-refractivity contribution is 6.32. The van der Waals surface area contributed by atoms with Gasteiger partial charge in [0.05, 0.1) is 11.4 Å². The number of rotatable bonds is 0. The molecule has 1 N–H and O–H groups in total. The molecule has 0 radical (unpaired) electrons. The Hall–Kier alpha value is -0.890. The maximum atomic E-state index is 6.12. The summed E-state index contributed by atoms with van der Waals surface area (Å²) in [4.78, 5) is 2.29. The second-order valence-corrected chi connectivity index (χ2v) is 4.84. The first-order valence-corrected chi connectivity index (χ1v) is 5.71. The van der Waals surface area contributed by atoms with Gasteiger partial charge in [0.15, 0.2) is 0 Å². The summed E-state index contributed by atoms with van der Waals surface area (Å²) in [5.74, 6) is 0.653. The quantitative estimate of drug-likeness (QED) is 0.729. The van der Waals surface area contributed by atoms with E-state index in [1.807, 2.05) is 6.07 Å². The average Bonchev–Trinajstić information content (AvgIpc) is 2.32. The first-order chi connectivity index (χ1) is 7.09. The van der Waals surface area contributed by atoms with Crippen LogP contribution in [0.5, 0.6) is 0 Å². The molecule has 0 aromatic heterocycles. The highest BCUT2D eigenvalue weighted by Crippen LogP contribution is 2.35. The van der Waals surface area contributed by atoms with Crippen molar-refractivity contribution in [2.75, 3.05) is 30.4 Å². The van der Waals surface area contributed by atoms with Crippen LogP contribution in [0.4, 0.5) is 11.4 Å². The van der Waals surface area contributed by atoms with Crippen LogP contribution in [0.2, 0.25) is 5.02 Å². The molecule has 0 aliphatic carbocycles. The van der Waals surface area contributed by atoms with Gasteiger partial charge in [-0.15, -0.1) is 0 Å². The van der Waals surface area contributed by atoms with E-state index < -0.39 is 0 Å². The third-order valence-electron chi connectivity index (χ3n) is 3.00. The maximum Gasteiger partial charge on any atom is 0.0622 e. The summed E-state index contributed by atoms with van der Waals surface area (Å²) >= 11 is 6.12. The normalized spacial score (nSPS) is 20.5. The summed E-state index contributed by atoms with van der Waals surface area (Å²) in [6.07, 6.45) is 0. The van der Waals surface area contributed by atoms with Gasteiger partial charge in [-0.25, -0.2) is 0 Å². The molecule has 1 unspecified atom stereocenters. The lowest BCUT2D eigenvalue weighted by Crippen LogP contribution is -2.23. The fourth-order valence-electron chi connectivity index (χ4n) is 2.12. The third kappa shape index (κ3) is 1.91. The monoisotopic (exact) mass is 224 g/mol. The van der Waals surface area contributed by atoms with Gasteiger partial charge in [0, 0.05) is 25.2 Å². The summed E-state index contributed by atoms with van der Waals surface area (Å²) in [5, 5.41) is 4.33. The van der Waals surface area contributed by atoms with Crippen molar-refractivity contribution in [3.63, 3.8) is 0 Å². The lowest BCUT2D eigenvalue weighted by molar-refractivity contribution is 0.618. The fourth-order valence-corrected chi connectivity index (χ4v) is 2.28. The Balaban J connectivity index is 2.48. The predicted molar refractivity (Wildman–Crippen MR) is 67.1 cm³/mol. The van der Waals surface area contributed by atoms with E-state index in [0.717, 1.165) is 23.7 Å². The van der Waals surface area contributed by atoms with Gasteiger partial charge in [-0.3, -0.25) is 0 Å². The SMILES string of the molecule is Cc1c(Cl)ccc2c1NCC(C)CN2C. The van der Waals surface area contributed by atoms with E-state index in [1.165, 1.54) is 11.4 Å². The molecule has 2 nitrogen and oxygen atoms in total. The second-order valence-electron chi connectivity index (χ2n) is 4.43. The fraction of sp³-hybridized carbons (Fsp3) is 0.500. The molecule has 1 aromatic rings. The molecule has 0 saturated carbocycles. The highest BCUT2D eigenvalue weighted by Gasteiger charge is 2.18. The third-order valence-corrected chi connectivity index (χ3v) is 3.41. The van der Waals surface area contributed by atoms with Crippen LogP contribution in [0, 0.1) is 12.8 Å². The molecule has 2 rings (SSSR count). The number of nitrogens with one attached hydrogen (secondary N) is 1. The number of halogens is 1. The van der Waals surface area contributed by atoms with Crippen LogP contribution in [0.25, 0.3) is 0 Å². The minimum atomic E-state index is 0.653. The Morgan fingerprint density at radius 1 is 1.47 bits per heavy atom. The van der Waals surface area contributed by atoms with Crippen molar-refractivity contribution in [3.8, 4) is 0 Å². The Morgan fingerprint density at radius 2 is 2.20 bits per heavy atom. The van der Waals surface area contributed by atoms with Gasteiger partial charge in [0.1, 0.15) is 0 Å². The van der Waals surface area contributed by atoms with Gasteiger partial charge in [-0.1, -0.05) is 18.5 Å². The Morgan fingerprint density at radius 3 is 2.93 bits per heavy atom. The molecule has 15 heavy (non-hydrogen) atoms. The Labute approximate surface area is 96.2 Å². The molecule has 0 spiro atoms. The highest BCUT2D eigenvalue weighted by atomic mass is 35.5. The van der Waals surface area contributed by atoms with Crippen LogP contribution in [-0.4, -0.2) is 20.1 Å². The van der Waals surface area contributed by atoms with E-state index >= 15 is 0 Å². The number of benzene rings is 1. The van der Waals surface area contributed by atoms with E-state index in [-0.39, 0.29) is 0 Å². The Bertz CT molecular complexity index is 376. The number of nitrogens with zero attached hydrogens (tertiary/aromatic N) is 1. The molecular weight excluding hydrogens is 208 g/mol. The van der Waals surface area contributed by atoms with Crippen molar-refractivity contribution in [2.24, 2.45) is 5.92 Å². The molecule has 0 saturated heterocycles. The standard InChI is InChI=1S/C12H17ClN2/c1-8-6-14-12-9(2)10(13)4-5-11(12)15(3)7-8/h4-5,8,14H,6-7H2,1-3H3. The molecule has 0 fully saturated rings. The van der Waals surface area contributed by atoms with Crippen molar-refractivity contribution >= 4 is 23.0 Å². The van der Waals surface area contributed by atoms with Gasteiger partial charge in [0.25, 0.3) is 0 Å². The average molecular weight is 225 g/mol. The van der Waals surface area contributed by atoms with Crippen LogP contribution in [0.15, 0.2) is 12.1 Å². The summed E-state index contributed by atoms with van der Waals surface area (Å²) in [7, 11) is 2.13. The van der Waals surface area contributed by atoms with E-state index in [4.69, 9.17) is 11.6 Å². The van der Waals surface area contributed by atoms with Crippen LogP contribution in [0.3, 0.4) is 0 Å². The summed E-state index contributed by atoms with van der Waals surface area (Å²) < 4.78 is 0. The van der Waals surface area contributed by atoms with Gasteiger partial charge < -0.3 is 10.2 Å². The molecule has 0 bridgehead atoms. The smallest absolute Gasteiger partial charge is 0.0622 e. The van der Waals surface area contributed by atoms with Crippen molar-refractivity contribution < 1.29 is 0 Å². The lowest BCUT2D eigenvalue weighted by atomic mass is 10.1. The van der Waals surface area contributed by atoms with E-state index in [1.54, 1.807) is 0 Å². The topological polar surface area (TPSA) is 15.3 Å². The molecule has 82 valence electrons. The maximum absolute atomic E-state index is 6.12. The first-order valence-electron chi connectivity index (χ1n) is 5.33. The summed E-state index contributed by atoms with van der Waals surface area (Å²) in [6.45, 7) is 6.42. The molecule has 3 heteroatoms.